The van der Waals surface area contributed by atoms with Gasteiger partial charge in [-0.2, -0.15) is 0 Å². The first-order chi connectivity index (χ1) is 18.1. The van der Waals surface area contributed by atoms with Crippen LogP contribution in [0.5, 0.6) is 0 Å². The number of rotatable bonds is 11. The van der Waals surface area contributed by atoms with Gasteiger partial charge in [-0.3, -0.25) is 4.79 Å². The first kappa shape index (κ1) is 26.9. The Kier molecular flexibility index (Phi) is 9.77. The summed E-state index contributed by atoms with van der Waals surface area (Å²) < 4.78 is 0. The van der Waals surface area contributed by atoms with Gasteiger partial charge in [-0.15, -0.1) is 0 Å². The third kappa shape index (κ3) is 7.22. The van der Waals surface area contributed by atoms with Crippen molar-refractivity contribution in [2.24, 2.45) is 5.92 Å². The first-order valence-electron chi connectivity index (χ1n) is 14.3. The van der Waals surface area contributed by atoms with Crippen LogP contribution in [-0.2, 0) is 17.8 Å². The molecule has 2 nitrogen and oxygen atoms in total. The molecule has 0 saturated heterocycles. The Hall–Kier alpha value is -3.13. The Balaban J connectivity index is 1.41. The van der Waals surface area contributed by atoms with Gasteiger partial charge in [-0.25, -0.2) is 0 Å². The largest absolute Gasteiger partial charge is 0.348 e. The fourth-order valence-electron chi connectivity index (χ4n) is 5.83. The van der Waals surface area contributed by atoms with Gasteiger partial charge in [0.15, 0.2) is 0 Å². The highest BCUT2D eigenvalue weighted by Gasteiger charge is 2.22. The molecule has 0 aromatic heterocycles. The molecular weight excluding hydrogens is 450 g/mol. The maximum Gasteiger partial charge on any atom is 0.243 e. The highest BCUT2D eigenvalue weighted by molar-refractivity contribution is 5.86. The topological polar surface area (TPSA) is 29.1 Å². The highest BCUT2D eigenvalue weighted by atomic mass is 16.1. The molecule has 0 unspecified atom stereocenters. The molecule has 0 bridgehead atoms. The van der Waals surface area contributed by atoms with Crippen molar-refractivity contribution in [1.82, 2.24) is 5.32 Å². The van der Waals surface area contributed by atoms with Crippen molar-refractivity contribution in [1.29, 1.82) is 0 Å². The number of hydrogen-bond acceptors (Lipinski definition) is 1. The second-order valence-corrected chi connectivity index (χ2v) is 10.7. The summed E-state index contributed by atoms with van der Waals surface area (Å²) in [4.78, 5) is 11.4. The molecule has 0 atom stereocenters. The Morgan fingerprint density at radius 1 is 0.865 bits per heavy atom. The second-order valence-electron chi connectivity index (χ2n) is 10.7. The number of aryl methyl sites for hydroxylation is 1. The van der Waals surface area contributed by atoms with Crippen LogP contribution < -0.4 is 5.32 Å². The monoisotopic (exact) mass is 493 g/mol. The SMILES string of the molecule is C=CC(=O)NCc1ccc(-c2ccc(-c3ccc(C4CCC(CCCCC)CC4)cc3)c(CC)c2)cc1. The molecule has 1 amide bonds. The number of carbonyl (C=O) groups is 1. The van der Waals surface area contributed by atoms with E-state index in [9.17, 15) is 4.79 Å². The van der Waals surface area contributed by atoms with Crippen LogP contribution in [0, 0.1) is 5.92 Å². The zero-order valence-corrected chi connectivity index (χ0v) is 22.8. The van der Waals surface area contributed by atoms with Crippen molar-refractivity contribution in [3.8, 4) is 22.3 Å². The molecule has 2 heteroatoms. The summed E-state index contributed by atoms with van der Waals surface area (Å²) in [6.45, 7) is 8.55. The summed E-state index contributed by atoms with van der Waals surface area (Å²) in [5.74, 6) is 1.55. The van der Waals surface area contributed by atoms with Gasteiger partial charge < -0.3 is 5.32 Å². The van der Waals surface area contributed by atoms with E-state index in [0.717, 1.165) is 23.8 Å². The number of carbonyl (C=O) groups excluding carboxylic acids is 1. The maximum absolute atomic E-state index is 11.4. The van der Waals surface area contributed by atoms with Crippen LogP contribution in [-0.4, -0.2) is 5.91 Å². The molecule has 0 radical (unpaired) electrons. The van der Waals surface area contributed by atoms with Crippen molar-refractivity contribution in [2.45, 2.75) is 84.1 Å². The van der Waals surface area contributed by atoms with Crippen molar-refractivity contribution in [2.75, 3.05) is 0 Å². The molecule has 37 heavy (non-hydrogen) atoms. The number of benzene rings is 3. The summed E-state index contributed by atoms with van der Waals surface area (Å²) in [5.41, 5.74) is 9.05. The third-order valence-electron chi connectivity index (χ3n) is 8.18. The van der Waals surface area contributed by atoms with E-state index >= 15 is 0 Å². The Morgan fingerprint density at radius 2 is 1.54 bits per heavy atom. The maximum atomic E-state index is 11.4. The quantitative estimate of drug-likeness (QED) is 0.209. The zero-order chi connectivity index (χ0) is 26.0. The minimum atomic E-state index is -0.148. The smallest absolute Gasteiger partial charge is 0.243 e. The Labute approximate surface area is 224 Å². The molecule has 1 N–H and O–H groups in total. The van der Waals surface area contributed by atoms with Crippen molar-refractivity contribution in [3.05, 3.63) is 96.1 Å². The first-order valence-corrected chi connectivity index (χ1v) is 14.3. The summed E-state index contributed by atoms with van der Waals surface area (Å²) in [7, 11) is 0. The molecule has 3 aromatic rings. The Morgan fingerprint density at radius 3 is 2.19 bits per heavy atom. The summed E-state index contributed by atoms with van der Waals surface area (Å²) in [6.07, 6.45) is 13.4. The van der Waals surface area contributed by atoms with Gasteiger partial charge in [0.05, 0.1) is 0 Å². The highest BCUT2D eigenvalue weighted by Crippen LogP contribution is 2.38. The molecule has 1 aliphatic carbocycles. The van der Waals surface area contributed by atoms with Crippen LogP contribution in [0.3, 0.4) is 0 Å². The molecule has 194 valence electrons. The van der Waals surface area contributed by atoms with E-state index in [1.807, 2.05) is 0 Å². The van der Waals surface area contributed by atoms with E-state index in [1.165, 1.54) is 90.8 Å². The summed E-state index contributed by atoms with van der Waals surface area (Å²) >= 11 is 0. The number of amides is 1. The van der Waals surface area contributed by atoms with Crippen molar-refractivity contribution >= 4 is 5.91 Å². The van der Waals surface area contributed by atoms with Crippen LogP contribution >= 0.6 is 0 Å². The van der Waals surface area contributed by atoms with Gasteiger partial charge in [-0.1, -0.05) is 113 Å². The lowest BCUT2D eigenvalue weighted by atomic mass is 9.77. The molecule has 1 saturated carbocycles. The molecule has 4 rings (SSSR count). The lowest BCUT2D eigenvalue weighted by molar-refractivity contribution is -0.116. The fourth-order valence-corrected chi connectivity index (χ4v) is 5.83. The minimum absolute atomic E-state index is 0.148. The normalized spacial score (nSPS) is 17.4. The molecular formula is C35H43NO. The van der Waals surface area contributed by atoms with Crippen molar-refractivity contribution < 1.29 is 4.79 Å². The lowest BCUT2D eigenvalue weighted by Gasteiger charge is -2.29. The van der Waals surface area contributed by atoms with Crippen LogP contribution in [0.4, 0.5) is 0 Å². The van der Waals surface area contributed by atoms with E-state index in [2.05, 4.69) is 92.5 Å². The molecule has 0 heterocycles. The standard InChI is InChI=1S/C35H43NO/c1-4-7-8-9-26-10-14-29(15-11-26)30-18-20-32(21-19-30)34-23-22-33(24-28(34)5-2)31-16-12-27(13-17-31)25-36-35(37)6-3/h6,12-13,16-24,26,29H,3-5,7-11,14-15,25H2,1-2H3,(H,36,37). The van der Waals surface area contributed by atoms with E-state index in [0.29, 0.717) is 6.54 Å². The van der Waals surface area contributed by atoms with Gasteiger partial charge in [0.2, 0.25) is 5.91 Å². The molecule has 0 spiro atoms. The van der Waals surface area contributed by atoms with Gasteiger partial charge >= 0.3 is 0 Å². The number of nitrogens with one attached hydrogen (secondary N) is 1. The van der Waals surface area contributed by atoms with E-state index in [1.54, 1.807) is 0 Å². The predicted octanol–water partition coefficient (Wildman–Crippen LogP) is 9.24. The van der Waals surface area contributed by atoms with Gasteiger partial charge in [0, 0.05) is 6.54 Å². The molecule has 1 aliphatic rings. The average molecular weight is 494 g/mol. The molecule has 0 aliphatic heterocycles. The van der Waals surface area contributed by atoms with Crippen LogP contribution in [0.15, 0.2) is 79.4 Å². The summed E-state index contributed by atoms with van der Waals surface area (Å²) in [5, 5.41) is 2.83. The van der Waals surface area contributed by atoms with Crippen LogP contribution in [0.25, 0.3) is 22.3 Å². The minimum Gasteiger partial charge on any atom is -0.348 e. The lowest BCUT2D eigenvalue weighted by Crippen LogP contribution is -2.19. The van der Waals surface area contributed by atoms with Gasteiger partial charge in [0.25, 0.3) is 0 Å². The van der Waals surface area contributed by atoms with E-state index < -0.39 is 0 Å². The van der Waals surface area contributed by atoms with E-state index in [4.69, 9.17) is 0 Å². The van der Waals surface area contributed by atoms with Crippen molar-refractivity contribution in [3.63, 3.8) is 0 Å². The molecule has 1 fully saturated rings. The van der Waals surface area contributed by atoms with Crippen LogP contribution in [0.1, 0.15) is 87.8 Å². The van der Waals surface area contributed by atoms with Gasteiger partial charge in [0.1, 0.15) is 0 Å². The zero-order valence-electron chi connectivity index (χ0n) is 22.8. The van der Waals surface area contributed by atoms with Gasteiger partial charge in [-0.05, 0) is 89.0 Å². The molecule has 3 aromatic carbocycles. The predicted molar refractivity (Wildman–Crippen MR) is 158 cm³/mol. The Bertz CT molecular complexity index is 1150. The van der Waals surface area contributed by atoms with E-state index in [-0.39, 0.29) is 5.91 Å². The third-order valence-corrected chi connectivity index (χ3v) is 8.18. The second kappa shape index (κ2) is 13.4. The summed E-state index contributed by atoms with van der Waals surface area (Å²) in [6, 6.07) is 24.7. The number of unbranched alkanes of at least 4 members (excludes halogenated alkanes) is 2. The van der Waals surface area contributed by atoms with Crippen LogP contribution in [0.2, 0.25) is 0 Å². The fraction of sp³-hybridized carbons (Fsp3) is 0.400. The average Bonchev–Trinajstić information content (AvgIpc) is 2.96. The number of hydrogen-bond donors (Lipinski definition) is 1.